The Morgan fingerprint density at radius 3 is 2.68 bits per heavy atom. The van der Waals surface area contributed by atoms with Crippen LogP contribution in [0, 0.1) is 6.92 Å². The van der Waals surface area contributed by atoms with E-state index in [0.29, 0.717) is 11.3 Å². The highest BCUT2D eigenvalue weighted by atomic mass is 79.9. The molecule has 0 aliphatic heterocycles. The maximum absolute atomic E-state index is 12.4. The smallest absolute Gasteiger partial charge is 0.182 e. The van der Waals surface area contributed by atoms with Gasteiger partial charge in [0.2, 0.25) is 0 Å². The van der Waals surface area contributed by atoms with E-state index < -0.39 is 0 Å². The SMILES string of the molecule is Cc1nn(C)c(CC(=O)c2snnc2C(C)C)c1Br. The third kappa shape index (κ3) is 2.76. The summed E-state index contributed by atoms with van der Waals surface area (Å²) in [6.45, 7) is 5.93. The molecule has 0 aliphatic rings. The van der Waals surface area contributed by atoms with Gasteiger partial charge in [0.15, 0.2) is 5.78 Å². The standard InChI is InChI=1S/C12H15BrN4OS/c1-6(2)11-12(19-16-14-11)9(18)5-8-10(13)7(3)15-17(8)4/h6H,5H2,1-4H3. The Labute approximate surface area is 124 Å². The first kappa shape index (κ1) is 14.3. The Morgan fingerprint density at radius 2 is 2.16 bits per heavy atom. The fourth-order valence-electron chi connectivity index (χ4n) is 1.87. The molecule has 2 aromatic heterocycles. The molecule has 0 spiro atoms. The Kier molecular flexibility index (Phi) is 4.15. The second-order valence-corrected chi connectivity index (χ2v) is 6.26. The predicted octanol–water partition coefficient (Wildman–Crippen LogP) is 2.89. The number of nitrogens with zero attached hydrogens (tertiary/aromatic N) is 4. The van der Waals surface area contributed by atoms with E-state index in [-0.39, 0.29) is 11.7 Å². The molecule has 0 N–H and O–H groups in total. The van der Waals surface area contributed by atoms with Crippen molar-refractivity contribution in [2.45, 2.75) is 33.1 Å². The Balaban J connectivity index is 2.28. The molecule has 0 saturated carbocycles. The van der Waals surface area contributed by atoms with Crippen molar-refractivity contribution < 1.29 is 4.79 Å². The summed E-state index contributed by atoms with van der Waals surface area (Å²) in [7, 11) is 1.84. The molecule has 5 nitrogen and oxygen atoms in total. The first-order valence-corrected chi connectivity index (χ1v) is 7.51. The molecule has 0 fully saturated rings. The molecular weight excluding hydrogens is 328 g/mol. The van der Waals surface area contributed by atoms with Crippen LogP contribution in [0.1, 0.15) is 46.5 Å². The number of aryl methyl sites for hydroxylation is 2. The number of rotatable bonds is 4. The largest absolute Gasteiger partial charge is 0.293 e. The molecule has 2 aromatic rings. The van der Waals surface area contributed by atoms with E-state index in [1.54, 1.807) is 4.68 Å². The predicted molar refractivity (Wildman–Crippen MR) is 77.7 cm³/mol. The average molecular weight is 343 g/mol. The highest BCUT2D eigenvalue weighted by Gasteiger charge is 2.21. The number of carbonyl (C=O) groups excluding carboxylic acids is 1. The maximum atomic E-state index is 12.4. The van der Waals surface area contributed by atoms with Gasteiger partial charge in [0, 0.05) is 7.05 Å². The lowest BCUT2D eigenvalue weighted by Crippen LogP contribution is -2.09. The lowest BCUT2D eigenvalue weighted by Gasteiger charge is -2.04. The van der Waals surface area contributed by atoms with Gasteiger partial charge in [-0.05, 0) is 40.3 Å². The second kappa shape index (κ2) is 5.50. The van der Waals surface area contributed by atoms with Gasteiger partial charge in [0.25, 0.3) is 0 Å². The quantitative estimate of drug-likeness (QED) is 0.801. The van der Waals surface area contributed by atoms with Crippen molar-refractivity contribution in [2.75, 3.05) is 0 Å². The fourth-order valence-corrected chi connectivity index (χ4v) is 3.10. The number of Topliss-reactive ketones (excluding diaryl/α,β-unsaturated/α-hetero) is 1. The molecule has 0 aromatic carbocycles. The highest BCUT2D eigenvalue weighted by molar-refractivity contribution is 9.10. The van der Waals surface area contributed by atoms with Crippen molar-refractivity contribution in [1.82, 2.24) is 19.4 Å². The molecule has 0 amide bonds. The zero-order valence-corrected chi connectivity index (χ0v) is 13.7. The topological polar surface area (TPSA) is 60.7 Å². The van der Waals surface area contributed by atoms with Crippen LogP contribution in [0.2, 0.25) is 0 Å². The molecule has 2 heterocycles. The first-order valence-electron chi connectivity index (χ1n) is 5.95. The van der Waals surface area contributed by atoms with Gasteiger partial charge in [-0.1, -0.05) is 18.3 Å². The van der Waals surface area contributed by atoms with Crippen LogP contribution in [0.5, 0.6) is 0 Å². The molecule has 0 aliphatic carbocycles. The van der Waals surface area contributed by atoms with Gasteiger partial charge in [0.05, 0.1) is 28.0 Å². The van der Waals surface area contributed by atoms with E-state index in [9.17, 15) is 4.79 Å². The normalized spacial score (nSPS) is 11.3. The summed E-state index contributed by atoms with van der Waals surface area (Å²) in [6, 6.07) is 0. The molecule has 0 unspecified atom stereocenters. The van der Waals surface area contributed by atoms with E-state index in [4.69, 9.17) is 0 Å². The number of hydrogen-bond donors (Lipinski definition) is 0. The number of aromatic nitrogens is 4. The minimum atomic E-state index is 0.0439. The molecule has 0 saturated heterocycles. The number of halogens is 1. The van der Waals surface area contributed by atoms with E-state index in [1.165, 1.54) is 11.5 Å². The summed E-state index contributed by atoms with van der Waals surface area (Å²) < 4.78 is 6.53. The van der Waals surface area contributed by atoms with E-state index >= 15 is 0 Å². The van der Waals surface area contributed by atoms with E-state index in [0.717, 1.165) is 21.6 Å². The van der Waals surface area contributed by atoms with Gasteiger partial charge in [-0.2, -0.15) is 5.10 Å². The monoisotopic (exact) mass is 342 g/mol. The van der Waals surface area contributed by atoms with E-state index in [2.05, 4.69) is 30.6 Å². The summed E-state index contributed by atoms with van der Waals surface area (Å²) >= 11 is 4.64. The summed E-state index contributed by atoms with van der Waals surface area (Å²) in [5.41, 5.74) is 2.55. The molecule has 0 radical (unpaired) electrons. The Bertz CT molecular complexity index is 617. The summed E-state index contributed by atoms with van der Waals surface area (Å²) in [5.74, 6) is 0.247. The molecule has 7 heteroatoms. The van der Waals surface area contributed by atoms with Crippen LogP contribution in [-0.4, -0.2) is 25.2 Å². The van der Waals surface area contributed by atoms with Crippen molar-refractivity contribution in [3.8, 4) is 0 Å². The van der Waals surface area contributed by atoms with Crippen molar-refractivity contribution in [3.63, 3.8) is 0 Å². The number of ketones is 1. The Hall–Kier alpha value is -1.08. The zero-order valence-electron chi connectivity index (χ0n) is 11.3. The van der Waals surface area contributed by atoms with Crippen LogP contribution < -0.4 is 0 Å². The lowest BCUT2D eigenvalue weighted by molar-refractivity contribution is 0.0993. The van der Waals surface area contributed by atoms with Crippen molar-refractivity contribution in [3.05, 3.63) is 26.4 Å². The summed E-state index contributed by atoms with van der Waals surface area (Å²) in [4.78, 5) is 13.0. The molecular formula is C12H15BrN4OS. The average Bonchev–Trinajstić information content (AvgIpc) is 2.90. The van der Waals surface area contributed by atoms with Gasteiger partial charge in [0.1, 0.15) is 4.88 Å². The van der Waals surface area contributed by atoms with Crippen molar-refractivity contribution in [1.29, 1.82) is 0 Å². The minimum Gasteiger partial charge on any atom is -0.293 e. The van der Waals surface area contributed by atoms with Crippen molar-refractivity contribution in [2.24, 2.45) is 7.05 Å². The number of carbonyl (C=O) groups is 1. The lowest BCUT2D eigenvalue weighted by atomic mass is 10.1. The zero-order chi connectivity index (χ0) is 14.2. The van der Waals surface area contributed by atoms with Crippen LogP contribution in [0.3, 0.4) is 0 Å². The van der Waals surface area contributed by atoms with Gasteiger partial charge in [-0.3, -0.25) is 9.48 Å². The molecule has 102 valence electrons. The summed E-state index contributed by atoms with van der Waals surface area (Å²) in [5, 5.41) is 8.33. The van der Waals surface area contributed by atoms with Crippen LogP contribution in [-0.2, 0) is 13.5 Å². The fraction of sp³-hybridized carbons (Fsp3) is 0.500. The maximum Gasteiger partial charge on any atom is 0.182 e. The molecule has 19 heavy (non-hydrogen) atoms. The number of hydrogen-bond acceptors (Lipinski definition) is 5. The first-order chi connectivity index (χ1) is 8.91. The molecule has 0 atom stereocenters. The highest BCUT2D eigenvalue weighted by Crippen LogP contribution is 2.25. The van der Waals surface area contributed by atoms with Crippen LogP contribution in [0.25, 0.3) is 0 Å². The third-order valence-corrected chi connectivity index (χ3v) is 4.72. The minimum absolute atomic E-state index is 0.0439. The van der Waals surface area contributed by atoms with Crippen LogP contribution in [0.4, 0.5) is 0 Å². The Morgan fingerprint density at radius 1 is 1.47 bits per heavy atom. The van der Waals surface area contributed by atoms with Gasteiger partial charge < -0.3 is 0 Å². The van der Waals surface area contributed by atoms with Gasteiger partial charge >= 0.3 is 0 Å². The molecule has 0 bridgehead atoms. The molecule has 2 rings (SSSR count). The van der Waals surface area contributed by atoms with Gasteiger partial charge in [-0.15, -0.1) is 5.10 Å². The third-order valence-electron chi connectivity index (χ3n) is 2.90. The van der Waals surface area contributed by atoms with Crippen LogP contribution in [0.15, 0.2) is 4.47 Å². The van der Waals surface area contributed by atoms with Crippen LogP contribution >= 0.6 is 27.5 Å². The second-order valence-electron chi connectivity index (χ2n) is 4.71. The van der Waals surface area contributed by atoms with E-state index in [1.807, 2.05) is 27.8 Å². The van der Waals surface area contributed by atoms with Crippen molar-refractivity contribution >= 4 is 33.2 Å². The van der Waals surface area contributed by atoms with Gasteiger partial charge in [-0.25, -0.2) is 0 Å². The summed E-state index contributed by atoms with van der Waals surface area (Å²) in [6.07, 6.45) is 0.307.